The van der Waals surface area contributed by atoms with E-state index in [1.165, 1.54) is 0 Å². The molecule has 128 valence electrons. The zero-order valence-corrected chi connectivity index (χ0v) is 16.3. The van der Waals surface area contributed by atoms with Crippen LogP contribution in [0.25, 0.3) is 0 Å². The van der Waals surface area contributed by atoms with Crippen molar-refractivity contribution in [3.8, 4) is 0 Å². The minimum atomic E-state index is -4.08. The zero-order chi connectivity index (χ0) is 17.3. The quantitative estimate of drug-likeness (QED) is 0.683. The molecule has 0 aromatic heterocycles. The predicted octanol–water partition coefficient (Wildman–Crippen LogP) is 0.937. The van der Waals surface area contributed by atoms with Gasteiger partial charge in [0.05, 0.1) is 0 Å². The third kappa shape index (κ3) is 3.56. The fourth-order valence-electron chi connectivity index (χ4n) is 3.15. The van der Waals surface area contributed by atoms with Crippen LogP contribution in [0.2, 0.25) is 0 Å². The normalized spacial score (nSPS) is 24.3. The molecule has 0 saturated carbocycles. The topological polar surface area (TPSA) is 76.7 Å². The maximum atomic E-state index is 12.2. The standard InChI is InChI=1S/2C9H10NO2.Sn/c2*10-8(9(11)12)6-7-4-2-1-3-5-7;/h2*1-5,8,10H,6H2,(H,11,12);/q2*-1;+4/p-2/t2*8-;/m00./s1. The predicted molar refractivity (Wildman–Crippen MR) is 92.1 cm³/mol. The minimum absolute atomic E-state index is 0.347. The molecule has 2 fully saturated rings. The van der Waals surface area contributed by atoms with E-state index in [0.717, 1.165) is 11.1 Å². The molecule has 2 N–H and O–H groups in total. The first-order valence-electron chi connectivity index (χ1n) is 8.22. The van der Waals surface area contributed by atoms with Crippen molar-refractivity contribution in [1.29, 1.82) is 0 Å². The fourth-order valence-corrected chi connectivity index (χ4v) is 10.5. The third-order valence-electron chi connectivity index (χ3n) is 4.35. The van der Waals surface area contributed by atoms with Gasteiger partial charge in [0.1, 0.15) is 0 Å². The number of hydrogen-bond donors (Lipinski definition) is 2. The molecular formula is C18H18N2O4Sn. The molecule has 7 heteroatoms. The van der Waals surface area contributed by atoms with Crippen LogP contribution in [0, 0.1) is 0 Å². The van der Waals surface area contributed by atoms with Crippen LogP contribution in [0.3, 0.4) is 0 Å². The molecule has 2 saturated heterocycles. The summed E-state index contributed by atoms with van der Waals surface area (Å²) in [7, 11) is 0. The number of carbonyl (C=O) groups excluding carboxylic acids is 2. The molecule has 0 unspecified atom stereocenters. The van der Waals surface area contributed by atoms with E-state index in [4.69, 9.17) is 6.15 Å². The summed E-state index contributed by atoms with van der Waals surface area (Å²) in [4.78, 5) is 24.5. The van der Waals surface area contributed by atoms with Crippen molar-refractivity contribution >= 4 is 31.7 Å². The van der Waals surface area contributed by atoms with E-state index < -0.39 is 31.8 Å². The summed E-state index contributed by atoms with van der Waals surface area (Å²) < 4.78 is 17.5. The Kier molecular flexibility index (Phi) is 4.49. The first kappa shape index (κ1) is 16.6. The van der Waals surface area contributed by atoms with Crippen LogP contribution >= 0.6 is 0 Å². The van der Waals surface area contributed by atoms with E-state index in [9.17, 15) is 9.59 Å². The Morgan fingerprint density at radius 3 is 1.52 bits per heavy atom. The molecule has 2 atom stereocenters. The Balaban J connectivity index is 1.44. The van der Waals surface area contributed by atoms with Gasteiger partial charge < -0.3 is 0 Å². The summed E-state index contributed by atoms with van der Waals surface area (Å²) in [6, 6.07) is 18.5. The molecule has 6 nitrogen and oxygen atoms in total. The van der Waals surface area contributed by atoms with Gasteiger partial charge in [-0.2, -0.15) is 0 Å². The molecule has 0 aliphatic carbocycles. The maximum absolute atomic E-state index is 12.2. The van der Waals surface area contributed by atoms with Crippen LogP contribution in [0.5, 0.6) is 0 Å². The third-order valence-corrected chi connectivity index (χ3v) is 11.3. The summed E-state index contributed by atoms with van der Waals surface area (Å²) in [6.07, 6.45) is 1.03. The fraction of sp³-hybridized carbons (Fsp3) is 0.222. The summed E-state index contributed by atoms with van der Waals surface area (Å²) in [5.41, 5.74) is 2.07. The Morgan fingerprint density at radius 1 is 0.720 bits per heavy atom. The van der Waals surface area contributed by atoms with E-state index in [2.05, 4.69) is 7.08 Å². The van der Waals surface area contributed by atoms with Crippen molar-refractivity contribution in [2.24, 2.45) is 0 Å². The Bertz CT molecular complexity index is 717. The molecule has 0 bridgehead atoms. The Morgan fingerprint density at radius 2 is 1.12 bits per heavy atom. The van der Waals surface area contributed by atoms with E-state index >= 15 is 0 Å². The van der Waals surface area contributed by atoms with E-state index in [1.54, 1.807) is 0 Å². The van der Waals surface area contributed by atoms with E-state index in [0.29, 0.717) is 12.8 Å². The molecule has 4 rings (SSSR count). The molecule has 0 amide bonds. The van der Waals surface area contributed by atoms with Gasteiger partial charge in [0, 0.05) is 0 Å². The van der Waals surface area contributed by atoms with Crippen molar-refractivity contribution in [3.05, 3.63) is 71.8 Å². The van der Waals surface area contributed by atoms with Crippen molar-refractivity contribution < 1.29 is 15.7 Å². The second-order valence-corrected chi connectivity index (χ2v) is 12.6. The van der Waals surface area contributed by atoms with Crippen molar-refractivity contribution in [2.75, 3.05) is 0 Å². The average molecular weight is 445 g/mol. The second-order valence-electron chi connectivity index (χ2n) is 6.23. The monoisotopic (exact) mass is 446 g/mol. The number of hydrogen-bond acceptors (Lipinski definition) is 6. The van der Waals surface area contributed by atoms with E-state index in [1.807, 2.05) is 60.7 Å². The second kappa shape index (κ2) is 6.78. The van der Waals surface area contributed by atoms with Gasteiger partial charge in [-0.15, -0.1) is 0 Å². The Labute approximate surface area is 151 Å². The van der Waals surface area contributed by atoms with Crippen LogP contribution in [-0.4, -0.2) is 43.8 Å². The molecular weight excluding hydrogens is 427 g/mol. The number of benzene rings is 2. The SMILES string of the molecule is O=C1[O][Sn]2([NH][C@H]1Cc1ccccc1)[NH][C@@H](Cc1ccccc1)C(=O)[O]2. The average Bonchev–Trinajstić information content (AvgIpc) is 3.07. The van der Waals surface area contributed by atoms with Gasteiger partial charge in [0.2, 0.25) is 0 Å². The first-order valence-corrected chi connectivity index (χ1v) is 13.4. The van der Waals surface area contributed by atoms with Crippen molar-refractivity contribution in [1.82, 2.24) is 7.08 Å². The van der Waals surface area contributed by atoms with Crippen LogP contribution in [-0.2, 0) is 28.6 Å². The molecule has 2 aliphatic heterocycles. The summed E-state index contributed by atoms with van der Waals surface area (Å²) >= 11 is -4.08. The van der Waals surface area contributed by atoms with Gasteiger partial charge in [-0.3, -0.25) is 0 Å². The molecule has 0 radical (unpaired) electrons. The molecule has 2 aromatic rings. The number of rotatable bonds is 4. The van der Waals surface area contributed by atoms with Crippen LogP contribution in [0.1, 0.15) is 11.1 Å². The van der Waals surface area contributed by atoms with Gasteiger partial charge in [0.15, 0.2) is 0 Å². The van der Waals surface area contributed by atoms with Crippen LogP contribution in [0.4, 0.5) is 0 Å². The van der Waals surface area contributed by atoms with E-state index in [-0.39, 0.29) is 11.9 Å². The zero-order valence-electron chi connectivity index (χ0n) is 13.5. The molecule has 2 heterocycles. The van der Waals surface area contributed by atoms with Crippen molar-refractivity contribution in [2.45, 2.75) is 24.9 Å². The molecule has 1 spiro atoms. The molecule has 25 heavy (non-hydrogen) atoms. The van der Waals surface area contributed by atoms with Crippen molar-refractivity contribution in [3.63, 3.8) is 0 Å². The van der Waals surface area contributed by atoms with Gasteiger partial charge >= 0.3 is 151 Å². The summed E-state index contributed by atoms with van der Waals surface area (Å²) in [5, 5.41) is 0. The summed E-state index contributed by atoms with van der Waals surface area (Å²) in [6.45, 7) is 0. The van der Waals surface area contributed by atoms with Crippen LogP contribution in [0.15, 0.2) is 60.7 Å². The number of carbonyl (C=O) groups is 2. The molecule has 2 aromatic carbocycles. The Hall–Kier alpha value is -1.90. The van der Waals surface area contributed by atoms with Gasteiger partial charge in [-0.1, -0.05) is 0 Å². The summed E-state index contributed by atoms with van der Waals surface area (Å²) in [5.74, 6) is -0.694. The molecule has 2 aliphatic rings. The van der Waals surface area contributed by atoms with Gasteiger partial charge in [0.25, 0.3) is 0 Å². The number of nitrogens with one attached hydrogen (secondary N) is 2. The van der Waals surface area contributed by atoms with Crippen LogP contribution < -0.4 is 7.08 Å². The van der Waals surface area contributed by atoms with Gasteiger partial charge in [-0.25, -0.2) is 0 Å². The van der Waals surface area contributed by atoms with Gasteiger partial charge in [-0.05, 0) is 0 Å². The first-order chi connectivity index (χ1) is 12.1.